The Balaban J connectivity index is 1.91. The quantitative estimate of drug-likeness (QED) is 0.861. The second-order valence-corrected chi connectivity index (χ2v) is 6.49. The standard InChI is InChI=1S/C16H19BrN2O4/c1-18(15(21)12-4-2-3-5-13(12)17)10-14(20)19-8-6-11(7-9-19)16(22)23/h2-5,11H,6-10H2,1H3,(H,22,23). The van der Waals surface area contributed by atoms with Crippen LogP contribution in [0.4, 0.5) is 0 Å². The highest BCUT2D eigenvalue weighted by molar-refractivity contribution is 9.10. The number of hydrogen-bond donors (Lipinski definition) is 1. The lowest BCUT2D eigenvalue weighted by molar-refractivity contribution is -0.145. The number of carboxylic acids is 1. The van der Waals surface area contributed by atoms with Gasteiger partial charge in [-0.2, -0.15) is 0 Å². The van der Waals surface area contributed by atoms with E-state index in [0.717, 1.165) is 0 Å². The Kier molecular flexibility index (Phi) is 5.76. The summed E-state index contributed by atoms with van der Waals surface area (Å²) in [6, 6.07) is 7.06. The van der Waals surface area contributed by atoms with Crippen molar-refractivity contribution in [3.63, 3.8) is 0 Å². The molecule has 7 heteroatoms. The van der Waals surface area contributed by atoms with Crippen LogP contribution in [0.1, 0.15) is 23.2 Å². The van der Waals surface area contributed by atoms with E-state index in [2.05, 4.69) is 15.9 Å². The lowest BCUT2D eigenvalue weighted by atomic mass is 9.97. The molecule has 0 bridgehead atoms. The number of carbonyl (C=O) groups is 3. The van der Waals surface area contributed by atoms with Crippen molar-refractivity contribution in [1.29, 1.82) is 0 Å². The highest BCUT2D eigenvalue weighted by Gasteiger charge is 2.28. The minimum absolute atomic E-state index is 0.0160. The minimum atomic E-state index is -0.807. The number of hydrogen-bond acceptors (Lipinski definition) is 3. The van der Waals surface area contributed by atoms with Crippen LogP contribution in [0.2, 0.25) is 0 Å². The van der Waals surface area contributed by atoms with E-state index < -0.39 is 5.97 Å². The minimum Gasteiger partial charge on any atom is -0.481 e. The fraction of sp³-hybridized carbons (Fsp3) is 0.438. The average molecular weight is 383 g/mol. The SMILES string of the molecule is CN(CC(=O)N1CCC(C(=O)O)CC1)C(=O)c1ccccc1Br. The molecule has 0 aromatic heterocycles. The number of likely N-dealkylation sites (N-methyl/N-ethyl adjacent to an activating group) is 1. The van der Waals surface area contributed by atoms with Crippen molar-refractivity contribution in [3.05, 3.63) is 34.3 Å². The van der Waals surface area contributed by atoms with Crippen LogP contribution in [0.15, 0.2) is 28.7 Å². The molecule has 1 heterocycles. The molecule has 23 heavy (non-hydrogen) atoms. The van der Waals surface area contributed by atoms with Gasteiger partial charge in [0.15, 0.2) is 0 Å². The van der Waals surface area contributed by atoms with Crippen molar-refractivity contribution in [3.8, 4) is 0 Å². The summed E-state index contributed by atoms with van der Waals surface area (Å²) in [5.41, 5.74) is 0.507. The lowest BCUT2D eigenvalue weighted by Gasteiger charge is -2.31. The number of piperidine rings is 1. The molecular weight excluding hydrogens is 364 g/mol. The van der Waals surface area contributed by atoms with Crippen molar-refractivity contribution in [2.24, 2.45) is 5.92 Å². The summed E-state index contributed by atoms with van der Waals surface area (Å²) in [4.78, 5) is 38.6. The van der Waals surface area contributed by atoms with Crippen molar-refractivity contribution < 1.29 is 19.5 Å². The molecule has 0 atom stereocenters. The van der Waals surface area contributed by atoms with Crippen LogP contribution in [-0.4, -0.2) is 59.4 Å². The topological polar surface area (TPSA) is 77.9 Å². The summed E-state index contributed by atoms with van der Waals surface area (Å²) in [6.07, 6.45) is 0.923. The maximum Gasteiger partial charge on any atom is 0.306 e. The summed E-state index contributed by atoms with van der Waals surface area (Å²) in [7, 11) is 1.59. The summed E-state index contributed by atoms with van der Waals surface area (Å²) >= 11 is 3.33. The predicted octanol–water partition coefficient (Wildman–Crippen LogP) is 1.84. The fourth-order valence-electron chi connectivity index (χ4n) is 2.59. The van der Waals surface area contributed by atoms with E-state index in [4.69, 9.17) is 5.11 Å². The van der Waals surface area contributed by atoms with E-state index in [1.165, 1.54) is 4.90 Å². The second kappa shape index (κ2) is 7.59. The van der Waals surface area contributed by atoms with E-state index in [0.29, 0.717) is 36.0 Å². The van der Waals surface area contributed by atoms with Gasteiger partial charge in [-0.1, -0.05) is 12.1 Å². The Morgan fingerprint density at radius 3 is 2.43 bits per heavy atom. The zero-order valence-corrected chi connectivity index (χ0v) is 14.5. The van der Waals surface area contributed by atoms with E-state index >= 15 is 0 Å². The number of halogens is 1. The van der Waals surface area contributed by atoms with E-state index in [1.54, 1.807) is 30.1 Å². The third-order valence-corrected chi connectivity index (χ3v) is 4.71. The largest absolute Gasteiger partial charge is 0.481 e. The number of nitrogens with zero attached hydrogens (tertiary/aromatic N) is 2. The summed E-state index contributed by atoms with van der Waals surface area (Å²) in [5.74, 6) is -1.57. The monoisotopic (exact) mass is 382 g/mol. The van der Waals surface area contributed by atoms with Gasteiger partial charge in [0.05, 0.1) is 18.0 Å². The molecule has 2 amide bonds. The van der Waals surface area contributed by atoms with Crippen molar-refractivity contribution in [1.82, 2.24) is 9.80 Å². The van der Waals surface area contributed by atoms with Crippen LogP contribution in [0.3, 0.4) is 0 Å². The third kappa shape index (κ3) is 4.31. The van der Waals surface area contributed by atoms with Gasteiger partial charge in [-0.25, -0.2) is 0 Å². The number of aliphatic carboxylic acids is 1. The van der Waals surface area contributed by atoms with Gasteiger partial charge in [-0.15, -0.1) is 0 Å². The predicted molar refractivity (Wildman–Crippen MR) is 88.0 cm³/mol. The molecule has 6 nitrogen and oxygen atoms in total. The first-order chi connectivity index (χ1) is 10.9. The first kappa shape index (κ1) is 17.5. The van der Waals surface area contributed by atoms with Gasteiger partial charge >= 0.3 is 5.97 Å². The van der Waals surface area contributed by atoms with Crippen LogP contribution in [-0.2, 0) is 9.59 Å². The molecule has 0 aliphatic carbocycles. The van der Waals surface area contributed by atoms with Gasteiger partial charge in [-0.3, -0.25) is 14.4 Å². The average Bonchev–Trinajstić information content (AvgIpc) is 2.54. The zero-order chi connectivity index (χ0) is 17.0. The Hall–Kier alpha value is -1.89. The van der Waals surface area contributed by atoms with Crippen LogP contribution in [0.25, 0.3) is 0 Å². The van der Waals surface area contributed by atoms with E-state index in [9.17, 15) is 14.4 Å². The second-order valence-electron chi connectivity index (χ2n) is 5.63. The molecule has 0 radical (unpaired) electrons. The van der Waals surface area contributed by atoms with Gasteiger partial charge in [-0.05, 0) is 40.9 Å². The van der Waals surface area contributed by atoms with Gasteiger partial charge < -0.3 is 14.9 Å². The molecule has 1 aromatic carbocycles. The molecule has 1 fully saturated rings. The third-order valence-electron chi connectivity index (χ3n) is 4.02. The molecule has 0 unspecified atom stereocenters. The van der Waals surface area contributed by atoms with Crippen LogP contribution >= 0.6 is 15.9 Å². The Morgan fingerprint density at radius 2 is 1.87 bits per heavy atom. The first-order valence-electron chi connectivity index (χ1n) is 7.40. The summed E-state index contributed by atoms with van der Waals surface area (Å²) in [5, 5.41) is 8.97. The van der Waals surface area contributed by atoms with Crippen LogP contribution < -0.4 is 0 Å². The summed E-state index contributed by atoms with van der Waals surface area (Å²) in [6.45, 7) is 0.831. The maximum atomic E-state index is 12.4. The highest BCUT2D eigenvalue weighted by atomic mass is 79.9. The number of rotatable bonds is 4. The molecule has 0 saturated carbocycles. The molecule has 2 rings (SSSR count). The van der Waals surface area contributed by atoms with E-state index in [1.807, 2.05) is 6.07 Å². The molecule has 1 aromatic rings. The first-order valence-corrected chi connectivity index (χ1v) is 8.20. The van der Waals surface area contributed by atoms with Gasteiger partial charge in [0.25, 0.3) is 5.91 Å². The number of carbonyl (C=O) groups excluding carboxylic acids is 2. The summed E-state index contributed by atoms with van der Waals surface area (Å²) < 4.78 is 0.687. The number of carboxylic acid groups (broad SMARTS) is 1. The van der Waals surface area contributed by atoms with E-state index in [-0.39, 0.29) is 24.3 Å². The smallest absolute Gasteiger partial charge is 0.306 e. The number of benzene rings is 1. The highest BCUT2D eigenvalue weighted by Crippen LogP contribution is 2.19. The Morgan fingerprint density at radius 1 is 1.26 bits per heavy atom. The van der Waals surface area contributed by atoms with Crippen molar-refractivity contribution in [2.45, 2.75) is 12.8 Å². The lowest BCUT2D eigenvalue weighted by Crippen LogP contribution is -2.45. The van der Waals surface area contributed by atoms with Gasteiger partial charge in [0, 0.05) is 24.6 Å². The molecule has 1 aliphatic rings. The normalized spacial score (nSPS) is 15.3. The molecule has 124 valence electrons. The van der Waals surface area contributed by atoms with Crippen molar-refractivity contribution in [2.75, 3.05) is 26.7 Å². The molecule has 1 saturated heterocycles. The van der Waals surface area contributed by atoms with Gasteiger partial charge in [0.1, 0.15) is 0 Å². The number of likely N-dealkylation sites (tertiary alicyclic amines) is 1. The molecular formula is C16H19BrN2O4. The number of amides is 2. The van der Waals surface area contributed by atoms with Crippen LogP contribution in [0, 0.1) is 5.92 Å². The van der Waals surface area contributed by atoms with Gasteiger partial charge in [0.2, 0.25) is 5.91 Å². The molecule has 1 N–H and O–H groups in total. The van der Waals surface area contributed by atoms with Crippen molar-refractivity contribution >= 4 is 33.7 Å². The fourth-order valence-corrected chi connectivity index (χ4v) is 3.05. The molecule has 0 spiro atoms. The Bertz CT molecular complexity index is 612. The Labute approximate surface area is 143 Å². The zero-order valence-electron chi connectivity index (χ0n) is 12.9. The molecule has 1 aliphatic heterocycles. The maximum absolute atomic E-state index is 12.4. The van der Waals surface area contributed by atoms with Crippen LogP contribution in [0.5, 0.6) is 0 Å².